The molecule has 0 aliphatic carbocycles. The molecule has 28 heavy (non-hydrogen) atoms. The Morgan fingerprint density at radius 3 is 2.50 bits per heavy atom. The first-order chi connectivity index (χ1) is 13.7. The maximum atomic E-state index is 13.1. The van der Waals surface area contributed by atoms with Gasteiger partial charge in [0.25, 0.3) is 0 Å². The highest BCUT2D eigenvalue weighted by molar-refractivity contribution is 5.81. The molecule has 1 aliphatic heterocycles. The van der Waals surface area contributed by atoms with Gasteiger partial charge in [-0.25, -0.2) is 0 Å². The molecule has 0 spiro atoms. The number of fused-ring (bicyclic) bond motifs is 1. The van der Waals surface area contributed by atoms with Gasteiger partial charge in [0, 0.05) is 11.3 Å². The normalized spacial score (nSPS) is 16.8. The maximum absolute atomic E-state index is 13.1. The second-order valence-corrected chi connectivity index (χ2v) is 7.49. The molecule has 2 aromatic carbocycles. The van der Waals surface area contributed by atoms with Gasteiger partial charge in [-0.3, -0.25) is 9.78 Å². The van der Waals surface area contributed by atoms with Crippen LogP contribution in [0.25, 0.3) is 10.9 Å². The van der Waals surface area contributed by atoms with Gasteiger partial charge in [-0.1, -0.05) is 61.5 Å². The number of amides is 1. The molecule has 3 aromatic rings. The van der Waals surface area contributed by atoms with Crippen LogP contribution in [-0.4, -0.2) is 35.4 Å². The molecule has 2 heterocycles. The third kappa shape index (κ3) is 4.07. The van der Waals surface area contributed by atoms with E-state index in [1.54, 1.807) is 0 Å². The Balaban J connectivity index is 1.60. The third-order valence-corrected chi connectivity index (χ3v) is 5.74. The highest BCUT2D eigenvalue weighted by Gasteiger charge is 2.27. The number of likely N-dealkylation sites (tertiary alicyclic amines) is 1. The Kier molecular flexibility index (Phi) is 5.68. The van der Waals surface area contributed by atoms with Gasteiger partial charge in [0.05, 0.1) is 17.3 Å². The molecule has 1 unspecified atom stereocenters. The van der Waals surface area contributed by atoms with E-state index in [1.807, 2.05) is 42.5 Å². The lowest BCUT2D eigenvalue weighted by atomic mass is 9.94. The Labute approximate surface area is 166 Å². The van der Waals surface area contributed by atoms with Crippen molar-refractivity contribution >= 4 is 16.8 Å². The second-order valence-electron chi connectivity index (χ2n) is 7.49. The molecule has 1 aromatic heterocycles. The van der Waals surface area contributed by atoms with Crippen LogP contribution >= 0.6 is 0 Å². The van der Waals surface area contributed by atoms with Crippen LogP contribution in [0.4, 0.5) is 0 Å². The molecule has 4 rings (SSSR count). The SMILES string of the molecule is CCN1CCC(C(=O)NC(c2ccccc2)c2ccc3ccccc3n2)CC1. The van der Waals surface area contributed by atoms with Crippen LogP contribution in [0.1, 0.15) is 37.1 Å². The summed E-state index contributed by atoms with van der Waals surface area (Å²) in [5.41, 5.74) is 2.89. The molecular formula is C24H27N3O. The van der Waals surface area contributed by atoms with Gasteiger partial charge in [0.1, 0.15) is 0 Å². The predicted molar refractivity (Wildman–Crippen MR) is 113 cm³/mol. The summed E-state index contributed by atoms with van der Waals surface area (Å²) in [7, 11) is 0. The van der Waals surface area contributed by atoms with Crippen LogP contribution in [0.15, 0.2) is 66.7 Å². The minimum Gasteiger partial charge on any atom is -0.343 e. The molecule has 0 saturated carbocycles. The largest absolute Gasteiger partial charge is 0.343 e. The van der Waals surface area contributed by atoms with Gasteiger partial charge in [-0.15, -0.1) is 0 Å². The molecule has 1 fully saturated rings. The van der Waals surface area contributed by atoms with Crippen LogP contribution < -0.4 is 5.32 Å². The summed E-state index contributed by atoms with van der Waals surface area (Å²) in [6, 6.07) is 22.1. The number of piperidine rings is 1. The highest BCUT2D eigenvalue weighted by atomic mass is 16.2. The van der Waals surface area contributed by atoms with Gasteiger partial charge in [-0.2, -0.15) is 0 Å². The summed E-state index contributed by atoms with van der Waals surface area (Å²) in [5.74, 6) is 0.217. The summed E-state index contributed by atoms with van der Waals surface area (Å²) in [6.07, 6.45) is 1.85. The minimum atomic E-state index is -0.234. The molecule has 1 N–H and O–H groups in total. The van der Waals surface area contributed by atoms with Crippen molar-refractivity contribution in [3.05, 3.63) is 78.0 Å². The Bertz CT molecular complexity index is 933. The standard InChI is InChI=1S/C24H27N3O/c1-2-27-16-14-20(15-17-27)24(28)26-23(19-9-4-3-5-10-19)22-13-12-18-8-6-7-11-21(18)25-22/h3-13,20,23H,2,14-17H2,1H3,(H,26,28). The summed E-state index contributed by atoms with van der Waals surface area (Å²) in [5, 5.41) is 4.40. The van der Waals surface area contributed by atoms with Crippen LogP contribution in [0.3, 0.4) is 0 Å². The lowest BCUT2D eigenvalue weighted by molar-refractivity contribution is -0.127. The quantitative estimate of drug-likeness (QED) is 0.730. The number of carbonyl (C=O) groups is 1. The number of aromatic nitrogens is 1. The van der Waals surface area contributed by atoms with E-state index in [4.69, 9.17) is 4.98 Å². The van der Waals surface area contributed by atoms with E-state index in [-0.39, 0.29) is 17.9 Å². The molecule has 4 nitrogen and oxygen atoms in total. The second kappa shape index (κ2) is 8.53. The number of nitrogens with one attached hydrogen (secondary N) is 1. The average molecular weight is 374 g/mol. The summed E-state index contributed by atoms with van der Waals surface area (Å²) in [4.78, 5) is 20.3. The van der Waals surface area contributed by atoms with Crippen molar-refractivity contribution in [2.24, 2.45) is 5.92 Å². The monoisotopic (exact) mass is 373 g/mol. The number of nitrogens with zero attached hydrogens (tertiary/aromatic N) is 2. The molecule has 1 amide bonds. The van der Waals surface area contributed by atoms with Gasteiger partial charge in [-0.05, 0) is 50.2 Å². The van der Waals surface area contributed by atoms with E-state index in [1.165, 1.54) is 0 Å². The van der Waals surface area contributed by atoms with Crippen LogP contribution in [0, 0.1) is 5.92 Å². The number of hydrogen-bond acceptors (Lipinski definition) is 3. The van der Waals surface area contributed by atoms with Crippen molar-refractivity contribution in [2.75, 3.05) is 19.6 Å². The van der Waals surface area contributed by atoms with Crippen molar-refractivity contribution in [1.29, 1.82) is 0 Å². The molecule has 1 aliphatic rings. The topological polar surface area (TPSA) is 45.2 Å². The van der Waals surface area contributed by atoms with Gasteiger partial charge in [0.15, 0.2) is 0 Å². The molecule has 0 bridgehead atoms. The van der Waals surface area contributed by atoms with Gasteiger partial charge < -0.3 is 10.2 Å². The average Bonchev–Trinajstić information content (AvgIpc) is 2.77. The number of pyridine rings is 1. The first kappa shape index (κ1) is 18.6. The van der Waals surface area contributed by atoms with Crippen molar-refractivity contribution in [3.8, 4) is 0 Å². The fraction of sp³-hybridized carbons (Fsp3) is 0.333. The Morgan fingerprint density at radius 1 is 1.04 bits per heavy atom. The van der Waals surface area contributed by atoms with E-state index < -0.39 is 0 Å². The van der Waals surface area contributed by atoms with E-state index in [2.05, 4.69) is 41.4 Å². The van der Waals surface area contributed by atoms with Crippen LogP contribution in [0.2, 0.25) is 0 Å². The number of carbonyl (C=O) groups excluding carboxylic acids is 1. The lowest BCUT2D eigenvalue weighted by Crippen LogP contribution is -2.41. The van der Waals surface area contributed by atoms with Crippen molar-refractivity contribution < 1.29 is 4.79 Å². The maximum Gasteiger partial charge on any atom is 0.224 e. The Hall–Kier alpha value is -2.72. The summed E-state index contributed by atoms with van der Waals surface area (Å²) in [6.45, 7) is 5.23. The summed E-state index contributed by atoms with van der Waals surface area (Å²) >= 11 is 0. The number of rotatable bonds is 5. The first-order valence-electron chi connectivity index (χ1n) is 10.2. The zero-order chi connectivity index (χ0) is 19.3. The zero-order valence-corrected chi connectivity index (χ0v) is 16.3. The van der Waals surface area contributed by atoms with Crippen LogP contribution in [0.5, 0.6) is 0 Å². The third-order valence-electron chi connectivity index (χ3n) is 5.74. The molecular weight excluding hydrogens is 346 g/mol. The lowest BCUT2D eigenvalue weighted by Gasteiger charge is -2.31. The van der Waals surface area contributed by atoms with E-state index in [0.717, 1.165) is 54.6 Å². The molecule has 4 heteroatoms. The van der Waals surface area contributed by atoms with E-state index in [0.29, 0.717) is 0 Å². The van der Waals surface area contributed by atoms with Crippen LogP contribution in [-0.2, 0) is 4.79 Å². The molecule has 0 radical (unpaired) electrons. The fourth-order valence-corrected chi connectivity index (χ4v) is 3.99. The number of benzene rings is 2. The van der Waals surface area contributed by atoms with E-state index in [9.17, 15) is 4.79 Å². The first-order valence-corrected chi connectivity index (χ1v) is 10.2. The van der Waals surface area contributed by atoms with Crippen molar-refractivity contribution in [1.82, 2.24) is 15.2 Å². The Morgan fingerprint density at radius 2 is 1.75 bits per heavy atom. The van der Waals surface area contributed by atoms with Gasteiger partial charge in [0.2, 0.25) is 5.91 Å². The van der Waals surface area contributed by atoms with E-state index >= 15 is 0 Å². The van der Waals surface area contributed by atoms with Crippen molar-refractivity contribution in [3.63, 3.8) is 0 Å². The minimum absolute atomic E-state index is 0.0782. The number of hydrogen-bond donors (Lipinski definition) is 1. The number of para-hydroxylation sites is 1. The molecule has 1 atom stereocenters. The molecule has 1 saturated heterocycles. The fourth-order valence-electron chi connectivity index (χ4n) is 3.99. The zero-order valence-electron chi connectivity index (χ0n) is 16.3. The predicted octanol–water partition coefficient (Wildman–Crippen LogP) is 4.17. The highest BCUT2D eigenvalue weighted by Crippen LogP contribution is 2.25. The van der Waals surface area contributed by atoms with Crippen molar-refractivity contribution in [2.45, 2.75) is 25.8 Å². The van der Waals surface area contributed by atoms with Gasteiger partial charge >= 0.3 is 0 Å². The smallest absolute Gasteiger partial charge is 0.224 e. The molecule has 144 valence electrons. The summed E-state index contributed by atoms with van der Waals surface area (Å²) < 4.78 is 0.